The minimum atomic E-state index is -0.484. The molecule has 0 saturated carbocycles. The van der Waals surface area contributed by atoms with Crippen LogP contribution in [0.2, 0.25) is 0 Å². The van der Waals surface area contributed by atoms with Gasteiger partial charge in [0, 0.05) is 38.4 Å². The van der Waals surface area contributed by atoms with Crippen molar-refractivity contribution >= 4 is 21.7 Å². The van der Waals surface area contributed by atoms with Gasteiger partial charge in [-0.3, -0.25) is 0 Å². The van der Waals surface area contributed by atoms with Gasteiger partial charge < -0.3 is 0 Å². The second-order valence-corrected chi connectivity index (χ2v) is 16.1. The van der Waals surface area contributed by atoms with Crippen molar-refractivity contribution < 1.29 is 0 Å². The Hall–Kier alpha value is -8.34. The van der Waals surface area contributed by atoms with Crippen LogP contribution in [0.3, 0.4) is 0 Å². The zero-order chi connectivity index (χ0) is 41.7. The predicted molar refractivity (Wildman–Crippen MR) is 257 cm³/mol. The minimum Gasteiger partial charge on any atom is -0.247 e. The Morgan fingerprint density at radius 1 is 0.286 bits per heavy atom. The van der Waals surface area contributed by atoms with Gasteiger partial charge in [-0.15, -0.1) is 0 Å². The topological polar surface area (TPSA) is 51.6 Å². The molecular formula is C59H38N4. The molecule has 2 heterocycles. The first kappa shape index (κ1) is 36.5. The molecule has 1 aliphatic rings. The highest BCUT2D eigenvalue weighted by molar-refractivity contribution is 6.19. The van der Waals surface area contributed by atoms with Crippen LogP contribution >= 0.6 is 0 Å². The van der Waals surface area contributed by atoms with Crippen LogP contribution in [-0.4, -0.2) is 19.9 Å². The molecule has 0 N–H and O–H groups in total. The molecule has 0 amide bonds. The fourth-order valence-electron chi connectivity index (χ4n) is 9.76. The minimum absolute atomic E-state index is 0.484. The summed E-state index contributed by atoms with van der Waals surface area (Å²) in [6.45, 7) is 0. The summed E-state index contributed by atoms with van der Waals surface area (Å²) in [6, 6.07) is 81.8. The Kier molecular flexibility index (Phi) is 8.68. The number of nitrogens with zero attached hydrogens (tertiary/aromatic N) is 4. The van der Waals surface area contributed by atoms with Gasteiger partial charge in [0.25, 0.3) is 0 Å². The highest BCUT2D eigenvalue weighted by Crippen LogP contribution is 2.58. The molecule has 9 aromatic carbocycles. The van der Waals surface area contributed by atoms with E-state index in [1.165, 1.54) is 38.8 Å². The van der Waals surface area contributed by atoms with E-state index in [0.29, 0.717) is 17.5 Å². The van der Waals surface area contributed by atoms with Crippen molar-refractivity contribution in [2.24, 2.45) is 0 Å². The molecule has 4 nitrogen and oxygen atoms in total. The third kappa shape index (κ3) is 5.99. The normalized spacial score (nSPS) is 12.6. The Labute approximate surface area is 365 Å². The molecule has 0 bridgehead atoms. The summed E-state index contributed by atoms with van der Waals surface area (Å²) in [5.41, 5.74) is 15.2. The van der Waals surface area contributed by atoms with Gasteiger partial charge in [-0.25, -0.2) is 19.9 Å². The standard InChI is InChI=1S/C59H38N4/c1-5-17-42(18-6-1)56-61-57(43-19-7-2-8-20-43)63-58(62-56)44-35-31-40(32-36-44)39-29-33-41(34-30-39)55-49-37-38-51-54(53(49)48-26-14-16-28-52(48)60-55)47-25-13-15-27-50(47)59(51,45-21-9-3-10-22-45)46-23-11-4-12-24-46/h1-38H. The summed E-state index contributed by atoms with van der Waals surface area (Å²) in [4.78, 5) is 20.1. The van der Waals surface area contributed by atoms with Crippen LogP contribution in [0.4, 0.5) is 0 Å². The van der Waals surface area contributed by atoms with E-state index in [0.717, 1.165) is 55.4 Å². The van der Waals surface area contributed by atoms with Crippen molar-refractivity contribution in [3.05, 3.63) is 253 Å². The fraction of sp³-hybridized carbons (Fsp3) is 0.0169. The zero-order valence-electron chi connectivity index (χ0n) is 34.2. The average molecular weight is 803 g/mol. The first-order valence-electron chi connectivity index (χ1n) is 21.4. The molecule has 0 fully saturated rings. The molecule has 0 saturated heterocycles. The fourth-order valence-corrected chi connectivity index (χ4v) is 9.76. The lowest BCUT2D eigenvalue weighted by atomic mass is 9.67. The number of hydrogen-bond donors (Lipinski definition) is 0. The van der Waals surface area contributed by atoms with Gasteiger partial charge in [-0.1, -0.05) is 224 Å². The second kappa shape index (κ2) is 15.0. The summed E-state index contributed by atoms with van der Waals surface area (Å²) in [6.07, 6.45) is 0. The van der Waals surface area contributed by atoms with E-state index in [2.05, 4.69) is 170 Å². The number of rotatable bonds is 7. The van der Waals surface area contributed by atoms with Crippen molar-refractivity contribution in [3.63, 3.8) is 0 Å². The summed E-state index contributed by atoms with van der Waals surface area (Å²) >= 11 is 0. The van der Waals surface area contributed by atoms with Crippen LogP contribution < -0.4 is 0 Å². The maximum Gasteiger partial charge on any atom is 0.164 e. The van der Waals surface area contributed by atoms with Gasteiger partial charge in [0.05, 0.1) is 16.6 Å². The lowest BCUT2D eigenvalue weighted by Crippen LogP contribution is -2.28. The molecule has 0 aliphatic heterocycles. The smallest absolute Gasteiger partial charge is 0.164 e. The van der Waals surface area contributed by atoms with Crippen molar-refractivity contribution in [3.8, 4) is 67.7 Å². The van der Waals surface area contributed by atoms with Gasteiger partial charge in [0.2, 0.25) is 0 Å². The van der Waals surface area contributed by atoms with E-state index in [4.69, 9.17) is 19.9 Å². The lowest BCUT2D eigenvalue weighted by molar-refractivity contribution is 0.769. The summed E-state index contributed by atoms with van der Waals surface area (Å²) < 4.78 is 0. The number of pyridine rings is 1. The predicted octanol–water partition coefficient (Wildman–Crippen LogP) is 14.3. The largest absolute Gasteiger partial charge is 0.247 e. The molecule has 2 aromatic heterocycles. The molecule has 0 radical (unpaired) electrons. The van der Waals surface area contributed by atoms with Crippen LogP contribution in [-0.2, 0) is 5.41 Å². The van der Waals surface area contributed by atoms with Gasteiger partial charge in [0.1, 0.15) is 0 Å². The quantitative estimate of drug-likeness (QED) is 0.151. The van der Waals surface area contributed by atoms with Gasteiger partial charge >= 0.3 is 0 Å². The highest BCUT2D eigenvalue weighted by atomic mass is 15.0. The van der Waals surface area contributed by atoms with Crippen LogP contribution in [0.5, 0.6) is 0 Å². The average Bonchev–Trinajstić information content (AvgIpc) is 3.68. The SMILES string of the molecule is c1ccc(-c2nc(-c3ccccc3)nc(-c3ccc(-c4ccc(-c5nc6ccccc6c6c7c(ccc56)C(c5ccccc5)(c5ccccc5)c5ccccc5-7)cc4)cc3)n2)cc1. The van der Waals surface area contributed by atoms with Crippen molar-refractivity contribution in [2.45, 2.75) is 5.41 Å². The van der Waals surface area contributed by atoms with Crippen LogP contribution in [0.1, 0.15) is 22.3 Å². The number of benzene rings is 9. The molecule has 0 unspecified atom stereocenters. The van der Waals surface area contributed by atoms with Crippen molar-refractivity contribution in [2.75, 3.05) is 0 Å². The van der Waals surface area contributed by atoms with Crippen molar-refractivity contribution in [1.82, 2.24) is 19.9 Å². The van der Waals surface area contributed by atoms with E-state index in [1.807, 2.05) is 60.7 Å². The summed E-state index contributed by atoms with van der Waals surface area (Å²) in [5.74, 6) is 1.93. The second-order valence-electron chi connectivity index (χ2n) is 16.1. The number of hydrogen-bond acceptors (Lipinski definition) is 4. The summed E-state index contributed by atoms with van der Waals surface area (Å²) in [5, 5.41) is 3.53. The Morgan fingerprint density at radius 3 is 1.30 bits per heavy atom. The number of aromatic nitrogens is 4. The third-order valence-electron chi connectivity index (χ3n) is 12.6. The molecule has 11 aromatic rings. The van der Waals surface area contributed by atoms with E-state index in [1.54, 1.807) is 0 Å². The van der Waals surface area contributed by atoms with Gasteiger partial charge in [-0.05, 0) is 50.6 Å². The van der Waals surface area contributed by atoms with Crippen molar-refractivity contribution in [1.29, 1.82) is 0 Å². The molecule has 0 spiro atoms. The maximum absolute atomic E-state index is 5.39. The van der Waals surface area contributed by atoms with E-state index >= 15 is 0 Å². The van der Waals surface area contributed by atoms with E-state index < -0.39 is 5.41 Å². The molecule has 0 atom stereocenters. The Bertz CT molecular complexity index is 3360. The number of fused-ring (bicyclic) bond motifs is 7. The van der Waals surface area contributed by atoms with E-state index in [-0.39, 0.29) is 0 Å². The highest BCUT2D eigenvalue weighted by Gasteiger charge is 2.46. The molecular weight excluding hydrogens is 765 g/mol. The van der Waals surface area contributed by atoms with E-state index in [9.17, 15) is 0 Å². The lowest BCUT2D eigenvalue weighted by Gasteiger charge is -2.34. The molecule has 63 heavy (non-hydrogen) atoms. The van der Waals surface area contributed by atoms with Gasteiger partial charge in [0.15, 0.2) is 17.5 Å². The monoisotopic (exact) mass is 802 g/mol. The van der Waals surface area contributed by atoms with Crippen LogP contribution in [0, 0.1) is 0 Å². The maximum atomic E-state index is 5.39. The van der Waals surface area contributed by atoms with Crippen LogP contribution in [0.25, 0.3) is 89.4 Å². The van der Waals surface area contributed by atoms with Gasteiger partial charge in [-0.2, -0.15) is 0 Å². The summed E-state index contributed by atoms with van der Waals surface area (Å²) in [7, 11) is 0. The van der Waals surface area contributed by atoms with Crippen LogP contribution in [0.15, 0.2) is 231 Å². The number of para-hydroxylation sites is 1. The molecule has 294 valence electrons. The first-order valence-corrected chi connectivity index (χ1v) is 21.4. The zero-order valence-corrected chi connectivity index (χ0v) is 34.2. The molecule has 1 aliphatic carbocycles. The third-order valence-corrected chi connectivity index (χ3v) is 12.6. The first-order chi connectivity index (χ1) is 31.2. The molecule has 4 heteroatoms. The molecule has 12 rings (SSSR count). The Balaban J connectivity index is 0.965. The Morgan fingerprint density at radius 2 is 0.730 bits per heavy atom.